The highest BCUT2D eigenvalue weighted by Crippen LogP contribution is 2.24. The molecule has 0 saturated carbocycles. The summed E-state index contributed by atoms with van der Waals surface area (Å²) in [5, 5.41) is 5.43. The number of carbonyl (C=O) groups excluding carboxylic acids is 2. The molecule has 2 amide bonds. The Kier molecular flexibility index (Phi) is 8.26. The van der Waals surface area contributed by atoms with Gasteiger partial charge in [0, 0.05) is 31.7 Å². The Morgan fingerprint density at radius 2 is 1.74 bits per heavy atom. The minimum atomic E-state index is -0.683. The lowest BCUT2D eigenvalue weighted by Gasteiger charge is -2.35. The molecule has 2 aromatic carbocycles. The quantitative estimate of drug-likeness (QED) is 0.621. The summed E-state index contributed by atoms with van der Waals surface area (Å²) in [5.41, 5.74) is 1.81. The number of carbonyl (C=O) groups is 2. The Balaban J connectivity index is 1.61. The van der Waals surface area contributed by atoms with Gasteiger partial charge in [0.1, 0.15) is 11.5 Å². The molecule has 0 bridgehead atoms. The summed E-state index contributed by atoms with van der Waals surface area (Å²) in [5.74, 6) is 0.0542. The van der Waals surface area contributed by atoms with E-state index in [0.717, 1.165) is 30.0 Å². The van der Waals surface area contributed by atoms with Crippen LogP contribution in [0.2, 0.25) is 0 Å². The van der Waals surface area contributed by atoms with Crippen LogP contribution in [0, 0.1) is 0 Å². The van der Waals surface area contributed by atoms with Crippen LogP contribution in [0.15, 0.2) is 48.5 Å². The zero-order chi connectivity index (χ0) is 22.1. The monoisotopic (exact) mass is 427 g/mol. The third-order valence-electron chi connectivity index (χ3n) is 5.26. The maximum atomic E-state index is 12.4. The van der Waals surface area contributed by atoms with Crippen LogP contribution in [-0.4, -0.2) is 63.8 Å². The lowest BCUT2D eigenvalue weighted by molar-refractivity contribution is -0.139. The summed E-state index contributed by atoms with van der Waals surface area (Å²) >= 11 is 0. The summed E-state index contributed by atoms with van der Waals surface area (Å²) in [6.45, 7) is 3.27. The van der Waals surface area contributed by atoms with E-state index < -0.39 is 11.8 Å². The fourth-order valence-corrected chi connectivity index (χ4v) is 3.57. The topological polar surface area (TPSA) is 89.1 Å². The molecule has 3 rings (SSSR count). The van der Waals surface area contributed by atoms with Crippen LogP contribution < -0.4 is 20.1 Å². The number of hydrogen-bond acceptors (Lipinski definition) is 6. The van der Waals surface area contributed by atoms with Crippen LogP contribution in [0.1, 0.15) is 17.2 Å². The number of nitrogens with one attached hydrogen (secondary N) is 2. The van der Waals surface area contributed by atoms with Crippen molar-refractivity contribution < 1.29 is 23.8 Å². The maximum absolute atomic E-state index is 12.4. The predicted molar refractivity (Wildman–Crippen MR) is 116 cm³/mol. The van der Waals surface area contributed by atoms with E-state index in [4.69, 9.17) is 14.2 Å². The Morgan fingerprint density at radius 3 is 2.48 bits per heavy atom. The summed E-state index contributed by atoms with van der Waals surface area (Å²) in [7, 11) is 3.19. The molecule has 0 aromatic heterocycles. The first kappa shape index (κ1) is 22.6. The Hall–Kier alpha value is -3.10. The smallest absolute Gasteiger partial charge is 0.309 e. The standard InChI is InChI=1S/C23H29N3O5/c1-29-19-8-5-7-17(14-19)20(26-10-12-31-13-11-26)16-25-23(28)22(27)24-15-18-6-3-4-9-21(18)30-2/h3-9,14,20H,10-13,15-16H2,1-2H3,(H,24,27)(H,25,28)/t20-/m0/s1. The zero-order valence-corrected chi connectivity index (χ0v) is 17.9. The van der Waals surface area contributed by atoms with Gasteiger partial charge >= 0.3 is 11.8 Å². The van der Waals surface area contributed by atoms with Gasteiger partial charge in [0.2, 0.25) is 0 Å². The number of methoxy groups -OCH3 is 2. The van der Waals surface area contributed by atoms with Crippen LogP contribution in [-0.2, 0) is 20.9 Å². The molecule has 8 nitrogen and oxygen atoms in total. The number of hydrogen-bond donors (Lipinski definition) is 2. The molecule has 0 unspecified atom stereocenters. The molecule has 8 heteroatoms. The Bertz CT molecular complexity index is 883. The molecule has 1 atom stereocenters. The van der Waals surface area contributed by atoms with Crippen molar-refractivity contribution >= 4 is 11.8 Å². The number of rotatable bonds is 8. The van der Waals surface area contributed by atoms with Crippen molar-refractivity contribution in [1.29, 1.82) is 0 Å². The molecule has 2 aromatic rings. The lowest BCUT2D eigenvalue weighted by Crippen LogP contribution is -2.46. The van der Waals surface area contributed by atoms with E-state index in [2.05, 4.69) is 15.5 Å². The first-order valence-corrected chi connectivity index (χ1v) is 10.3. The third-order valence-corrected chi connectivity index (χ3v) is 5.26. The van der Waals surface area contributed by atoms with Crippen LogP contribution in [0.3, 0.4) is 0 Å². The molecule has 1 aliphatic rings. The highest BCUT2D eigenvalue weighted by atomic mass is 16.5. The van der Waals surface area contributed by atoms with Crippen molar-refractivity contribution in [3.63, 3.8) is 0 Å². The van der Waals surface area contributed by atoms with Gasteiger partial charge in [-0.05, 0) is 23.8 Å². The second-order valence-electron chi connectivity index (χ2n) is 7.15. The van der Waals surface area contributed by atoms with Crippen molar-refractivity contribution in [3.05, 3.63) is 59.7 Å². The van der Waals surface area contributed by atoms with Gasteiger partial charge in [-0.1, -0.05) is 30.3 Å². The highest BCUT2D eigenvalue weighted by Gasteiger charge is 2.25. The Morgan fingerprint density at radius 1 is 1.00 bits per heavy atom. The van der Waals surface area contributed by atoms with Gasteiger partial charge < -0.3 is 24.8 Å². The normalized spacial score (nSPS) is 15.0. The largest absolute Gasteiger partial charge is 0.497 e. The van der Waals surface area contributed by atoms with E-state index in [0.29, 0.717) is 25.5 Å². The van der Waals surface area contributed by atoms with E-state index in [9.17, 15) is 9.59 Å². The molecule has 1 fully saturated rings. The molecule has 0 aliphatic carbocycles. The van der Waals surface area contributed by atoms with Crippen molar-refractivity contribution in [1.82, 2.24) is 15.5 Å². The molecular weight excluding hydrogens is 398 g/mol. The predicted octanol–water partition coefficient (Wildman–Crippen LogP) is 1.51. The van der Waals surface area contributed by atoms with E-state index in [-0.39, 0.29) is 12.6 Å². The second-order valence-corrected chi connectivity index (χ2v) is 7.15. The highest BCUT2D eigenvalue weighted by molar-refractivity contribution is 6.35. The van der Waals surface area contributed by atoms with Crippen LogP contribution in [0.25, 0.3) is 0 Å². The van der Waals surface area contributed by atoms with Crippen LogP contribution in [0.5, 0.6) is 11.5 Å². The Labute approximate surface area is 182 Å². The van der Waals surface area contributed by atoms with Crippen LogP contribution in [0.4, 0.5) is 0 Å². The SMILES string of the molecule is COc1cccc([C@H](CNC(=O)C(=O)NCc2ccccc2OC)N2CCOCC2)c1. The fraction of sp³-hybridized carbons (Fsp3) is 0.391. The second kappa shape index (κ2) is 11.3. The first-order chi connectivity index (χ1) is 15.1. The number of benzene rings is 2. The van der Waals surface area contributed by atoms with Gasteiger partial charge in [-0.25, -0.2) is 0 Å². The molecule has 31 heavy (non-hydrogen) atoms. The van der Waals surface area contributed by atoms with E-state index in [1.807, 2.05) is 48.5 Å². The molecule has 1 aliphatic heterocycles. The number of nitrogens with zero attached hydrogens (tertiary/aromatic N) is 1. The summed E-state index contributed by atoms with van der Waals surface area (Å²) in [6.07, 6.45) is 0. The molecule has 1 saturated heterocycles. The van der Waals surface area contributed by atoms with Gasteiger partial charge in [0.15, 0.2) is 0 Å². The van der Waals surface area contributed by atoms with Gasteiger partial charge in [0.25, 0.3) is 0 Å². The van der Waals surface area contributed by atoms with Gasteiger partial charge in [0.05, 0.1) is 33.5 Å². The number of amides is 2. The summed E-state index contributed by atoms with van der Waals surface area (Å²) < 4.78 is 16.1. The third kappa shape index (κ3) is 6.19. The summed E-state index contributed by atoms with van der Waals surface area (Å²) in [4.78, 5) is 27.0. The molecular formula is C23H29N3O5. The molecule has 0 spiro atoms. The van der Waals surface area contributed by atoms with E-state index in [1.165, 1.54) is 0 Å². The first-order valence-electron chi connectivity index (χ1n) is 10.3. The van der Waals surface area contributed by atoms with Crippen molar-refractivity contribution in [2.24, 2.45) is 0 Å². The number of ether oxygens (including phenoxy) is 3. The minimum Gasteiger partial charge on any atom is -0.497 e. The van der Waals surface area contributed by atoms with Crippen molar-refractivity contribution in [3.8, 4) is 11.5 Å². The maximum Gasteiger partial charge on any atom is 0.309 e. The van der Waals surface area contributed by atoms with Gasteiger partial charge in [-0.15, -0.1) is 0 Å². The van der Waals surface area contributed by atoms with Crippen molar-refractivity contribution in [2.45, 2.75) is 12.6 Å². The van der Waals surface area contributed by atoms with Gasteiger partial charge in [-0.2, -0.15) is 0 Å². The molecule has 0 radical (unpaired) electrons. The lowest BCUT2D eigenvalue weighted by atomic mass is 10.0. The van der Waals surface area contributed by atoms with Crippen LogP contribution >= 0.6 is 0 Å². The average molecular weight is 428 g/mol. The summed E-state index contributed by atoms with van der Waals surface area (Å²) in [6, 6.07) is 15.0. The number of morpholine rings is 1. The minimum absolute atomic E-state index is 0.0926. The van der Waals surface area contributed by atoms with Gasteiger partial charge in [-0.3, -0.25) is 14.5 Å². The zero-order valence-electron chi connectivity index (χ0n) is 17.9. The average Bonchev–Trinajstić information content (AvgIpc) is 2.83. The number of para-hydroxylation sites is 1. The van der Waals surface area contributed by atoms with E-state index in [1.54, 1.807) is 14.2 Å². The molecule has 166 valence electrons. The molecule has 1 heterocycles. The van der Waals surface area contributed by atoms with Crippen molar-refractivity contribution in [2.75, 3.05) is 47.1 Å². The van der Waals surface area contributed by atoms with E-state index >= 15 is 0 Å². The molecule has 2 N–H and O–H groups in total. The fourth-order valence-electron chi connectivity index (χ4n) is 3.57.